The Bertz CT molecular complexity index is 700. The highest BCUT2D eigenvalue weighted by Crippen LogP contribution is 2.07. The van der Waals surface area contributed by atoms with E-state index in [9.17, 15) is 13.2 Å². The van der Waals surface area contributed by atoms with E-state index in [1.165, 1.54) is 23.5 Å². The Morgan fingerprint density at radius 3 is 2.68 bits per heavy atom. The molecule has 1 atom stereocenters. The lowest BCUT2D eigenvalue weighted by atomic mass is 10.2. The van der Waals surface area contributed by atoms with Crippen LogP contribution in [0.3, 0.4) is 0 Å². The molecule has 2 N–H and O–H groups in total. The number of aromatic nitrogens is 1. The van der Waals surface area contributed by atoms with E-state index < -0.39 is 10.0 Å². The minimum Gasteiger partial charge on any atom is -0.348 e. The highest BCUT2D eigenvalue weighted by Gasteiger charge is 2.15. The number of carbonyl (C=O) groups excluding carboxylic acids is 1. The van der Waals surface area contributed by atoms with Crippen LogP contribution in [0.5, 0.6) is 0 Å². The van der Waals surface area contributed by atoms with Crippen molar-refractivity contribution in [3.8, 4) is 0 Å². The molecule has 0 aliphatic carbocycles. The van der Waals surface area contributed by atoms with Crippen LogP contribution in [-0.2, 0) is 10.0 Å². The third-order valence-electron chi connectivity index (χ3n) is 2.97. The van der Waals surface area contributed by atoms with Gasteiger partial charge in [0.1, 0.15) is 5.69 Å². The first-order valence-corrected chi connectivity index (χ1v) is 9.15. The van der Waals surface area contributed by atoms with Crippen LogP contribution in [0.25, 0.3) is 0 Å². The molecule has 0 saturated carbocycles. The fourth-order valence-electron chi connectivity index (χ4n) is 1.79. The van der Waals surface area contributed by atoms with Gasteiger partial charge in [0, 0.05) is 18.0 Å². The summed E-state index contributed by atoms with van der Waals surface area (Å²) in [4.78, 5) is 15.9. The predicted octanol–water partition coefficient (Wildman–Crippen LogP) is 1.63. The molecule has 0 fully saturated rings. The second-order valence-corrected chi connectivity index (χ2v) is 7.23. The Morgan fingerprint density at radius 1 is 1.32 bits per heavy atom. The summed E-state index contributed by atoms with van der Waals surface area (Å²) in [5, 5.41) is 4.45. The maximum atomic E-state index is 12.0. The first-order valence-electron chi connectivity index (χ1n) is 6.73. The number of hydrogen-bond acceptors (Lipinski definition) is 5. The number of hydrogen-bond donors (Lipinski definition) is 2. The van der Waals surface area contributed by atoms with Gasteiger partial charge < -0.3 is 5.32 Å². The average Bonchev–Trinajstić information content (AvgIpc) is 3.02. The zero-order valence-corrected chi connectivity index (χ0v) is 13.7. The van der Waals surface area contributed by atoms with Gasteiger partial charge in [-0.05, 0) is 25.5 Å². The number of nitrogens with one attached hydrogen (secondary N) is 2. The second kappa shape index (κ2) is 7.48. The van der Waals surface area contributed by atoms with Crippen molar-refractivity contribution in [2.45, 2.75) is 24.3 Å². The van der Waals surface area contributed by atoms with Crippen LogP contribution < -0.4 is 10.0 Å². The SMILES string of the molecule is C[C@@H](CCNS(=O)(=O)c1ccccc1)NC(=O)c1cscn1. The molecule has 2 rings (SSSR count). The van der Waals surface area contributed by atoms with Crippen molar-refractivity contribution in [1.82, 2.24) is 15.0 Å². The summed E-state index contributed by atoms with van der Waals surface area (Å²) >= 11 is 1.35. The third kappa shape index (κ3) is 4.62. The first kappa shape index (κ1) is 16.6. The number of sulfonamides is 1. The molecule has 0 radical (unpaired) electrons. The lowest BCUT2D eigenvalue weighted by Crippen LogP contribution is -2.36. The van der Waals surface area contributed by atoms with E-state index in [-0.39, 0.29) is 23.4 Å². The van der Waals surface area contributed by atoms with Crippen molar-refractivity contribution >= 4 is 27.3 Å². The topological polar surface area (TPSA) is 88.2 Å². The zero-order valence-electron chi connectivity index (χ0n) is 12.0. The Kier molecular flexibility index (Phi) is 5.64. The third-order valence-corrected chi connectivity index (χ3v) is 5.03. The van der Waals surface area contributed by atoms with Crippen molar-refractivity contribution in [3.05, 3.63) is 46.9 Å². The van der Waals surface area contributed by atoms with Gasteiger partial charge in [0.2, 0.25) is 10.0 Å². The molecule has 0 spiro atoms. The number of thiazole rings is 1. The van der Waals surface area contributed by atoms with Crippen molar-refractivity contribution in [2.75, 3.05) is 6.54 Å². The zero-order chi connectivity index (χ0) is 16.0. The molecule has 118 valence electrons. The highest BCUT2D eigenvalue weighted by molar-refractivity contribution is 7.89. The fourth-order valence-corrected chi connectivity index (χ4v) is 3.39. The van der Waals surface area contributed by atoms with Gasteiger partial charge in [-0.2, -0.15) is 0 Å². The normalized spacial score (nSPS) is 12.8. The highest BCUT2D eigenvalue weighted by atomic mass is 32.2. The molecule has 0 aliphatic heterocycles. The summed E-state index contributed by atoms with van der Waals surface area (Å²) < 4.78 is 26.6. The summed E-state index contributed by atoms with van der Waals surface area (Å²) in [6, 6.07) is 8.02. The molecule has 1 aromatic heterocycles. The number of rotatable bonds is 7. The maximum absolute atomic E-state index is 12.0. The molecule has 0 saturated heterocycles. The molecule has 0 bridgehead atoms. The lowest BCUT2D eigenvalue weighted by molar-refractivity contribution is 0.0934. The first-order chi connectivity index (χ1) is 10.5. The Balaban J connectivity index is 1.80. The van der Waals surface area contributed by atoms with Crippen LogP contribution in [0.15, 0.2) is 46.1 Å². The number of carbonyl (C=O) groups is 1. The molecule has 0 aliphatic rings. The lowest BCUT2D eigenvalue weighted by Gasteiger charge is -2.13. The molecule has 2 aromatic rings. The van der Waals surface area contributed by atoms with Gasteiger partial charge in [0.15, 0.2) is 0 Å². The minimum atomic E-state index is -3.50. The van der Waals surface area contributed by atoms with Crippen molar-refractivity contribution in [2.24, 2.45) is 0 Å². The number of benzene rings is 1. The van der Waals surface area contributed by atoms with E-state index in [0.717, 1.165) is 0 Å². The maximum Gasteiger partial charge on any atom is 0.270 e. The largest absolute Gasteiger partial charge is 0.348 e. The standard InChI is InChI=1S/C14H17N3O3S2/c1-11(17-14(18)13-9-21-10-15-13)7-8-16-22(19,20)12-5-3-2-4-6-12/h2-6,9-11,16H,7-8H2,1H3,(H,17,18)/t11-/m0/s1. The van der Waals surface area contributed by atoms with E-state index in [0.29, 0.717) is 12.1 Å². The summed E-state index contributed by atoms with van der Waals surface area (Å²) in [6.45, 7) is 2.07. The molecule has 0 unspecified atom stereocenters. The van der Waals surface area contributed by atoms with Crippen LogP contribution >= 0.6 is 11.3 Å². The molecule has 8 heteroatoms. The van der Waals surface area contributed by atoms with Crippen LogP contribution in [0, 0.1) is 0 Å². The molecular formula is C14H17N3O3S2. The predicted molar refractivity (Wildman–Crippen MR) is 85.3 cm³/mol. The number of amides is 1. The van der Waals surface area contributed by atoms with E-state index in [4.69, 9.17) is 0 Å². The van der Waals surface area contributed by atoms with Crippen LogP contribution in [0.2, 0.25) is 0 Å². The fraction of sp³-hybridized carbons (Fsp3) is 0.286. The molecule has 6 nitrogen and oxygen atoms in total. The molecule has 22 heavy (non-hydrogen) atoms. The Morgan fingerprint density at radius 2 is 2.05 bits per heavy atom. The van der Waals surface area contributed by atoms with E-state index in [1.807, 2.05) is 6.92 Å². The van der Waals surface area contributed by atoms with Crippen LogP contribution in [0.1, 0.15) is 23.8 Å². The molecule has 1 heterocycles. The van der Waals surface area contributed by atoms with Crippen molar-refractivity contribution < 1.29 is 13.2 Å². The van der Waals surface area contributed by atoms with E-state index in [1.54, 1.807) is 29.1 Å². The van der Waals surface area contributed by atoms with Gasteiger partial charge in [0.05, 0.1) is 10.4 Å². The smallest absolute Gasteiger partial charge is 0.270 e. The van der Waals surface area contributed by atoms with Gasteiger partial charge in [-0.1, -0.05) is 18.2 Å². The Labute approximate surface area is 133 Å². The quantitative estimate of drug-likeness (QED) is 0.802. The van der Waals surface area contributed by atoms with Gasteiger partial charge in [-0.15, -0.1) is 11.3 Å². The summed E-state index contributed by atoms with van der Waals surface area (Å²) in [6.07, 6.45) is 0.488. The summed E-state index contributed by atoms with van der Waals surface area (Å²) in [7, 11) is -3.50. The molecule has 1 aromatic carbocycles. The van der Waals surface area contributed by atoms with E-state index in [2.05, 4.69) is 15.0 Å². The van der Waals surface area contributed by atoms with Gasteiger partial charge in [0.25, 0.3) is 5.91 Å². The van der Waals surface area contributed by atoms with Gasteiger partial charge in [-0.25, -0.2) is 18.1 Å². The molecular weight excluding hydrogens is 322 g/mol. The van der Waals surface area contributed by atoms with Crippen molar-refractivity contribution in [3.63, 3.8) is 0 Å². The average molecular weight is 339 g/mol. The monoisotopic (exact) mass is 339 g/mol. The minimum absolute atomic E-state index is 0.160. The Hall–Kier alpha value is -1.77. The second-order valence-electron chi connectivity index (χ2n) is 4.75. The van der Waals surface area contributed by atoms with Crippen LogP contribution in [0.4, 0.5) is 0 Å². The van der Waals surface area contributed by atoms with Crippen LogP contribution in [-0.4, -0.2) is 31.9 Å². The van der Waals surface area contributed by atoms with E-state index >= 15 is 0 Å². The van der Waals surface area contributed by atoms with Gasteiger partial charge >= 0.3 is 0 Å². The number of nitrogens with zero attached hydrogens (tertiary/aromatic N) is 1. The van der Waals surface area contributed by atoms with Crippen molar-refractivity contribution in [1.29, 1.82) is 0 Å². The molecule has 1 amide bonds. The van der Waals surface area contributed by atoms with Gasteiger partial charge in [-0.3, -0.25) is 4.79 Å². The summed E-state index contributed by atoms with van der Waals surface area (Å²) in [5.74, 6) is -0.250. The summed E-state index contributed by atoms with van der Waals surface area (Å²) in [5.41, 5.74) is 1.97.